The van der Waals surface area contributed by atoms with Gasteiger partial charge in [0.1, 0.15) is 24.9 Å². The first-order chi connectivity index (χ1) is 11.3. The van der Waals surface area contributed by atoms with Crippen molar-refractivity contribution in [3.63, 3.8) is 0 Å². The van der Waals surface area contributed by atoms with E-state index in [4.69, 9.17) is 9.47 Å². The third-order valence-electron chi connectivity index (χ3n) is 4.20. The van der Waals surface area contributed by atoms with Crippen molar-refractivity contribution < 1.29 is 14.3 Å². The summed E-state index contributed by atoms with van der Waals surface area (Å²) < 4.78 is 11.1. The van der Waals surface area contributed by atoms with Gasteiger partial charge in [0, 0.05) is 11.6 Å². The second-order valence-electron chi connectivity index (χ2n) is 5.85. The Morgan fingerprint density at radius 3 is 2.78 bits per heavy atom. The molecule has 1 aromatic rings. The van der Waals surface area contributed by atoms with Gasteiger partial charge in [0.05, 0.1) is 0 Å². The molecule has 1 aliphatic carbocycles. The monoisotopic (exact) mass is 312 g/mol. The Hall–Kier alpha value is -2.48. The number of carbonyl (C=O) groups is 1. The minimum absolute atomic E-state index is 0.0955. The quantitative estimate of drug-likeness (QED) is 0.688. The van der Waals surface area contributed by atoms with E-state index in [1.807, 2.05) is 24.3 Å². The van der Waals surface area contributed by atoms with E-state index in [1.165, 1.54) is 6.42 Å². The Morgan fingerprint density at radius 2 is 2.00 bits per heavy atom. The smallest absolute Gasteiger partial charge is 0.262 e. The van der Waals surface area contributed by atoms with Gasteiger partial charge >= 0.3 is 0 Å². The highest BCUT2D eigenvalue weighted by Crippen LogP contribution is 2.34. The van der Waals surface area contributed by atoms with Gasteiger partial charge < -0.3 is 14.8 Å². The molecule has 0 unspecified atom stereocenters. The van der Waals surface area contributed by atoms with E-state index in [-0.39, 0.29) is 17.5 Å². The van der Waals surface area contributed by atoms with E-state index in [1.54, 1.807) is 6.08 Å². The minimum Gasteiger partial charge on any atom is -0.486 e. The van der Waals surface area contributed by atoms with Gasteiger partial charge in [0.2, 0.25) is 0 Å². The van der Waals surface area contributed by atoms with Crippen LogP contribution in [0, 0.1) is 11.3 Å². The number of nitrogens with zero attached hydrogens (tertiary/aromatic N) is 1. The van der Waals surface area contributed by atoms with Gasteiger partial charge in [-0.2, -0.15) is 5.26 Å². The zero-order valence-electron chi connectivity index (χ0n) is 13.0. The highest BCUT2D eigenvalue weighted by atomic mass is 16.6. The van der Waals surface area contributed by atoms with Crippen LogP contribution in [0.3, 0.4) is 0 Å². The molecule has 1 saturated carbocycles. The van der Waals surface area contributed by atoms with Crippen LogP contribution in [0.1, 0.15) is 37.7 Å². The summed E-state index contributed by atoms with van der Waals surface area (Å²) in [5.74, 6) is 0.931. The fraction of sp³-hybridized carbons (Fsp3) is 0.444. The Labute approximate surface area is 135 Å². The molecule has 2 aliphatic rings. The molecule has 0 saturated heterocycles. The van der Waals surface area contributed by atoms with E-state index in [0.717, 1.165) is 25.7 Å². The molecule has 23 heavy (non-hydrogen) atoms. The summed E-state index contributed by atoms with van der Waals surface area (Å²) in [4.78, 5) is 12.3. The summed E-state index contributed by atoms with van der Waals surface area (Å²) in [6.07, 6.45) is 7.04. The maximum absolute atomic E-state index is 12.3. The molecule has 1 amide bonds. The van der Waals surface area contributed by atoms with Crippen molar-refractivity contribution in [2.24, 2.45) is 0 Å². The Bertz CT molecular complexity index is 655. The number of fused-ring (bicyclic) bond motifs is 1. The van der Waals surface area contributed by atoms with E-state index in [0.29, 0.717) is 30.3 Å². The largest absolute Gasteiger partial charge is 0.486 e. The fourth-order valence-corrected chi connectivity index (χ4v) is 3.02. The van der Waals surface area contributed by atoms with Gasteiger partial charge in [-0.15, -0.1) is 0 Å². The van der Waals surface area contributed by atoms with Crippen molar-refractivity contribution in [3.8, 4) is 17.6 Å². The molecule has 1 aromatic carbocycles. The molecule has 0 atom stereocenters. The summed E-state index contributed by atoms with van der Waals surface area (Å²) >= 11 is 0. The number of ether oxygens (including phenoxy) is 2. The molecular weight excluding hydrogens is 292 g/mol. The lowest BCUT2D eigenvalue weighted by Gasteiger charge is -2.22. The van der Waals surface area contributed by atoms with Gasteiger partial charge in [-0.3, -0.25) is 4.79 Å². The summed E-state index contributed by atoms with van der Waals surface area (Å²) in [7, 11) is 0. The SMILES string of the molecule is N#C/C(=C/c1cccc2c1OCCO2)C(=O)NC1CCCCC1. The summed E-state index contributed by atoms with van der Waals surface area (Å²) in [6, 6.07) is 7.64. The number of para-hydroxylation sites is 1. The normalized spacial score (nSPS) is 18.1. The van der Waals surface area contributed by atoms with Gasteiger partial charge in [-0.25, -0.2) is 0 Å². The van der Waals surface area contributed by atoms with Crippen LogP contribution in [0.4, 0.5) is 0 Å². The van der Waals surface area contributed by atoms with E-state index in [9.17, 15) is 10.1 Å². The van der Waals surface area contributed by atoms with Gasteiger partial charge in [-0.1, -0.05) is 31.4 Å². The number of rotatable bonds is 3. The molecule has 5 heteroatoms. The van der Waals surface area contributed by atoms with Crippen molar-refractivity contribution in [2.75, 3.05) is 13.2 Å². The number of nitriles is 1. The fourth-order valence-electron chi connectivity index (χ4n) is 3.02. The second-order valence-corrected chi connectivity index (χ2v) is 5.85. The van der Waals surface area contributed by atoms with Crippen molar-refractivity contribution in [1.82, 2.24) is 5.32 Å². The summed E-state index contributed by atoms with van der Waals surface area (Å²) in [5.41, 5.74) is 0.788. The lowest BCUT2D eigenvalue weighted by molar-refractivity contribution is -0.117. The minimum atomic E-state index is -0.311. The van der Waals surface area contributed by atoms with Gasteiger partial charge in [0.25, 0.3) is 5.91 Å². The Balaban J connectivity index is 1.79. The topological polar surface area (TPSA) is 71.3 Å². The van der Waals surface area contributed by atoms with Crippen LogP contribution >= 0.6 is 0 Å². The molecule has 1 aliphatic heterocycles. The third-order valence-corrected chi connectivity index (χ3v) is 4.20. The predicted octanol–water partition coefficient (Wildman–Crippen LogP) is 2.81. The van der Waals surface area contributed by atoms with Crippen molar-refractivity contribution in [3.05, 3.63) is 29.3 Å². The highest BCUT2D eigenvalue weighted by Gasteiger charge is 2.20. The van der Waals surface area contributed by atoms with Crippen molar-refractivity contribution >= 4 is 12.0 Å². The molecule has 1 fully saturated rings. The van der Waals surface area contributed by atoms with Crippen LogP contribution in [-0.2, 0) is 4.79 Å². The molecule has 5 nitrogen and oxygen atoms in total. The summed E-state index contributed by atoms with van der Waals surface area (Å²) in [5, 5.41) is 12.3. The van der Waals surface area contributed by atoms with Crippen LogP contribution in [-0.4, -0.2) is 25.2 Å². The van der Waals surface area contributed by atoms with Gasteiger partial charge in [0.15, 0.2) is 11.5 Å². The number of benzene rings is 1. The maximum atomic E-state index is 12.3. The van der Waals surface area contributed by atoms with Crippen LogP contribution in [0.15, 0.2) is 23.8 Å². The van der Waals surface area contributed by atoms with Crippen molar-refractivity contribution in [1.29, 1.82) is 5.26 Å². The van der Waals surface area contributed by atoms with Crippen LogP contribution in [0.5, 0.6) is 11.5 Å². The Morgan fingerprint density at radius 1 is 1.22 bits per heavy atom. The summed E-state index contributed by atoms with van der Waals surface area (Å²) in [6.45, 7) is 0.974. The Kier molecular flexibility index (Phi) is 4.82. The number of hydrogen-bond donors (Lipinski definition) is 1. The first-order valence-corrected chi connectivity index (χ1v) is 8.09. The number of nitrogens with one attached hydrogen (secondary N) is 1. The second kappa shape index (κ2) is 7.19. The van der Waals surface area contributed by atoms with Crippen molar-refractivity contribution in [2.45, 2.75) is 38.1 Å². The molecule has 0 bridgehead atoms. The molecule has 3 rings (SSSR count). The average molecular weight is 312 g/mol. The molecule has 0 spiro atoms. The molecule has 1 heterocycles. The lowest BCUT2D eigenvalue weighted by Crippen LogP contribution is -2.36. The predicted molar refractivity (Wildman–Crippen MR) is 86.0 cm³/mol. The van der Waals surface area contributed by atoms with Gasteiger partial charge in [-0.05, 0) is 25.0 Å². The average Bonchev–Trinajstić information content (AvgIpc) is 2.60. The number of carbonyl (C=O) groups excluding carboxylic acids is 1. The first kappa shape index (κ1) is 15.4. The third kappa shape index (κ3) is 3.65. The zero-order valence-corrected chi connectivity index (χ0v) is 13.0. The molecule has 120 valence electrons. The molecule has 1 N–H and O–H groups in total. The van der Waals surface area contributed by atoms with Crippen LogP contribution < -0.4 is 14.8 Å². The van der Waals surface area contributed by atoms with Crippen LogP contribution in [0.2, 0.25) is 0 Å². The maximum Gasteiger partial charge on any atom is 0.262 e. The lowest BCUT2D eigenvalue weighted by atomic mass is 9.95. The van der Waals surface area contributed by atoms with E-state index in [2.05, 4.69) is 5.32 Å². The molecule has 0 aromatic heterocycles. The standard InChI is InChI=1S/C18H20N2O3/c19-12-14(18(21)20-15-6-2-1-3-7-15)11-13-5-4-8-16-17(13)23-10-9-22-16/h4-5,8,11,15H,1-3,6-7,9-10H2,(H,20,21)/b14-11-. The number of hydrogen-bond acceptors (Lipinski definition) is 4. The van der Waals surface area contributed by atoms with E-state index < -0.39 is 0 Å². The van der Waals surface area contributed by atoms with Crippen LogP contribution in [0.25, 0.3) is 6.08 Å². The number of amides is 1. The highest BCUT2D eigenvalue weighted by molar-refractivity contribution is 6.02. The first-order valence-electron chi connectivity index (χ1n) is 8.09. The van der Waals surface area contributed by atoms with E-state index >= 15 is 0 Å². The molecular formula is C18H20N2O3. The zero-order chi connectivity index (χ0) is 16.1. The molecule has 0 radical (unpaired) electrons.